The van der Waals surface area contributed by atoms with E-state index in [0.29, 0.717) is 18.5 Å². The number of benzene rings is 1. The van der Waals surface area contributed by atoms with Crippen LogP contribution in [0, 0.1) is 0 Å². The van der Waals surface area contributed by atoms with E-state index in [9.17, 15) is 4.79 Å². The van der Waals surface area contributed by atoms with Gasteiger partial charge in [0.25, 0.3) is 0 Å². The number of carbonyl (C=O) groups excluding carboxylic acids is 1. The van der Waals surface area contributed by atoms with Gasteiger partial charge in [-0.05, 0) is 43.4 Å². The fourth-order valence-corrected chi connectivity index (χ4v) is 2.74. The van der Waals surface area contributed by atoms with Crippen molar-refractivity contribution in [3.8, 4) is 5.75 Å². The van der Waals surface area contributed by atoms with Gasteiger partial charge in [0.05, 0.1) is 13.5 Å². The zero-order valence-electron chi connectivity index (χ0n) is 12.3. The fraction of sp³-hybridized carbons (Fsp3) is 0.562. The fourth-order valence-electron chi connectivity index (χ4n) is 2.74. The highest BCUT2D eigenvalue weighted by molar-refractivity contribution is 5.78. The van der Waals surface area contributed by atoms with Crippen LogP contribution in [-0.2, 0) is 11.2 Å². The monoisotopic (exact) mass is 276 g/mol. The third kappa shape index (κ3) is 3.73. The van der Waals surface area contributed by atoms with Crippen LogP contribution in [0.5, 0.6) is 5.75 Å². The number of rotatable bonds is 4. The molecule has 0 aromatic heterocycles. The van der Waals surface area contributed by atoms with E-state index in [1.165, 1.54) is 0 Å². The third-order valence-electron chi connectivity index (χ3n) is 4.20. The molecule has 4 nitrogen and oxygen atoms in total. The van der Waals surface area contributed by atoms with Gasteiger partial charge >= 0.3 is 0 Å². The van der Waals surface area contributed by atoms with Gasteiger partial charge in [-0.1, -0.05) is 12.1 Å². The number of likely N-dealkylation sites (N-methyl/N-ethyl adjacent to an activating group) is 1. The Bertz CT molecular complexity index is 436. The number of nitrogens with two attached hydrogens (primary N) is 1. The van der Waals surface area contributed by atoms with Crippen LogP contribution in [0.15, 0.2) is 24.3 Å². The molecule has 1 amide bonds. The largest absolute Gasteiger partial charge is 0.497 e. The van der Waals surface area contributed by atoms with Gasteiger partial charge in [0.2, 0.25) is 5.91 Å². The highest BCUT2D eigenvalue weighted by Crippen LogP contribution is 2.22. The highest BCUT2D eigenvalue weighted by atomic mass is 16.5. The molecule has 0 saturated heterocycles. The Morgan fingerprint density at radius 3 is 2.40 bits per heavy atom. The molecular weight excluding hydrogens is 252 g/mol. The maximum absolute atomic E-state index is 12.3. The van der Waals surface area contributed by atoms with Crippen molar-refractivity contribution in [1.29, 1.82) is 0 Å². The zero-order valence-corrected chi connectivity index (χ0v) is 12.3. The Labute approximate surface area is 120 Å². The maximum Gasteiger partial charge on any atom is 0.226 e. The number of nitrogens with zero attached hydrogens (tertiary/aromatic N) is 1. The first kappa shape index (κ1) is 14.9. The molecular formula is C16H24N2O2. The number of hydrogen-bond donors (Lipinski definition) is 1. The molecule has 1 saturated carbocycles. The molecule has 110 valence electrons. The van der Waals surface area contributed by atoms with Crippen LogP contribution < -0.4 is 10.5 Å². The molecule has 0 spiro atoms. The maximum atomic E-state index is 12.3. The van der Waals surface area contributed by atoms with Crippen LogP contribution in [0.25, 0.3) is 0 Å². The van der Waals surface area contributed by atoms with Crippen molar-refractivity contribution in [2.75, 3.05) is 14.2 Å². The SMILES string of the molecule is COc1ccc(CC(=O)N(C)C2CCC(N)CC2)cc1. The van der Waals surface area contributed by atoms with E-state index in [4.69, 9.17) is 10.5 Å². The molecule has 1 aromatic rings. The molecule has 2 rings (SSSR count). The van der Waals surface area contributed by atoms with Crippen molar-refractivity contribution in [2.45, 2.75) is 44.2 Å². The van der Waals surface area contributed by atoms with Gasteiger partial charge in [0.1, 0.15) is 5.75 Å². The van der Waals surface area contributed by atoms with Gasteiger partial charge in [0.15, 0.2) is 0 Å². The average molecular weight is 276 g/mol. The molecule has 1 aliphatic rings. The smallest absolute Gasteiger partial charge is 0.226 e. The first-order valence-corrected chi connectivity index (χ1v) is 7.24. The summed E-state index contributed by atoms with van der Waals surface area (Å²) in [4.78, 5) is 14.2. The number of methoxy groups -OCH3 is 1. The number of amides is 1. The van der Waals surface area contributed by atoms with Crippen molar-refractivity contribution in [3.63, 3.8) is 0 Å². The van der Waals surface area contributed by atoms with E-state index in [1.54, 1.807) is 7.11 Å². The summed E-state index contributed by atoms with van der Waals surface area (Å²) in [7, 11) is 3.55. The second-order valence-corrected chi connectivity index (χ2v) is 5.60. The van der Waals surface area contributed by atoms with E-state index in [0.717, 1.165) is 37.0 Å². The summed E-state index contributed by atoms with van der Waals surface area (Å²) in [6.07, 6.45) is 4.52. The summed E-state index contributed by atoms with van der Waals surface area (Å²) in [6, 6.07) is 8.34. The quantitative estimate of drug-likeness (QED) is 0.914. The first-order chi connectivity index (χ1) is 9.60. The van der Waals surface area contributed by atoms with E-state index in [2.05, 4.69) is 0 Å². The van der Waals surface area contributed by atoms with Gasteiger partial charge in [0, 0.05) is 19.1 Å². The lowest BCUT2D eigenvalue weighted by Crippen LogP contribution is -2.42. The average Bonchev–Trinajstić information content (AvgIpc) is 2.48. The predicted octanol–water partition coefficient (Wildman–Crippen LogP) is 1.97. The molecule has 1 aliphatic carbocycles. The van der Waals surface area contributed by atoms with Gasteiger partial charge in [-0.15, -0.1) is 0 Å². The summed E-state index contributed by atoms with van der Waals surface area (Å²) in [6.45, 7) is 0. The van der Waals surface area contributed by atoms with Crippen LogP contribution in [-0.4, -0.2) is 37.0 Å². The van der Waals surface area contributed by atoms with Gasteiger partial charge in [-0.25, -0.2) is 0 Å². The lowest BCUT2D eigenvalue weighted by Gasteiger charge is -2.33. The summed E-state index contributed by atoms with van der Waals surface area (Å²) in [5, 5.41) is 0. The lowest BCUT2D eigenvalue weighted by molar-refractivity contribution is -0.131. The Morgan fingerprint density at radius 2 is 1.85 bits per heavy atom. The summed E-state index contributed by atoms with van der Waals surface area (Å²) < 4.78 is 5.12. The predicted molar refractivity (Wildman–Crippen MR) is 79.7 cm³/mol. The third-order valence-corrected chi connectivity index (χ3v) is 4.20. The number of hydrogen-bond acceptors (Lipinski definition) is 3. The molecule has 2 N–H and O–H groups in total. The summed E-state index contributed by atoms with van der Waals surface area (Å²) >= 11 is 0. The Hall–Kier alpha value is -1.55. The van der Waals surface area contributed by atoms with Crippen LogP contribution in [0.2, 0.25) is 0 Å². The van der Waals surface area contributed by atoms with Crippen molar-refractivity contribution in [3.05, 3.63) is 29.8 Å². The van der Waals surface area contributed by atoms with Crippen LogP contribution >= 0.6 is 0 Å². The highest BCUT2D eigenvalue weighted by Gasteiger charge is 2.24. The summed E-state index contributed by atoms with van der Waals surface area (Å²) in [5.74, 6) is 0.992. The van der Waals surface area contributed by atoms with Gasteiger partial charge < -0.3 is 15.4 Å². The molecule has 0 aliphatic heterocycles. The number of ether oxygens (including phenoxy) is 1. The molecule has 1 fully saturated rings. The van der Waals surface area contributed by atoms with Gasteiger partial charge in [-0.3, -0.25) is 4.79 Å². The first-order valence-electron chi connectivity index (χ1n) is 7.24. The number of carbonyl (C=O) groups is 1. The zero-order chi connectivity index (χ0) is 14.5. The molecule has 0 unspecified atom stereocenters. The summed E-state index contributed by atoms with van der Waals surface area (Å²) in [5.41, 5.74) is 6.93. The second-order valence-electron chi connectivity index (χ2n) is 5.60. The topological polar surface area (TPSA) is 55.6 Å². The Balaban J connectivity index is 1.89. The van der Waals surface area contributed by atoms with E-state index >= 15 is 0 Å². The Morgan fingerprint density at radius 1 is 1.25 bits per heavy atom. The van der Waals surface area contributed by atoms with Crippen molar-refractivity contribution >= 4 is 5.91 Å². The molecule has 0 radical (unpaired) electrons. The minimum atomic E-state index is 0.177. The molecule has 20 heavy (non-hydrogen) atoms. The van der Waals surface area contributed by atoms with Crippen molar-refractivity contribution in [2.24, 2.45) is 5.73 Å². The van der Waals surface area contributed by atoms with E-state index in [-0.39, 0.29) is 5.91 Å². The molecule has 0 heterocycles. The Kier molecular flexibility index (Phi) is 5.01. The lowest BCUT2D eigenvalue weighted by atomic mass is 9.91. The van der Waals surface area contributed by atoms with Crippen molar-refractivity contribution in [1.82, 2.24) is 4.90 Å². The van der Waals surface area contributed by atoms with E-state index in [1.807, 2.05) is 36.2 Å². The van der Waals surface area contributed by atoms with Crippen LogP contribution in [0.3, 0.4) is 0 Å². The molecule has 0 bridgehead atoms. The molecule has 1 aromatic carbocycles. The minimum absolute atomic E-state index is 0.177. The minimum Gasteiger partial charge on any atom is -0.497 e. The molecule has 4 heteroatoms. The second kappa shape index (κ2) is 6.75. The van der Waals surface area contributed by atoms with Gasteiger partial charge in [-0.2, -0.15) is 0 Å². The molecule has 0 atom stereocenters. The van der Waals surface area contributed by atoms with E-state index < -0.39 is 0 Å². The normalized spacial score (nSPS) is 22.4. The standard InChI is InChI=1S/C16H24N2O2/c1-18(14-7-5-13(17)6-8-14)16(19)11-12-3-9-15(20-2)10-4-12/h3-4,9-10,13-14H,5-8,11,17H2,1-2H3. The van der Waals surface area contributed by atoms with Crippen LogP contribution in [0.4, 0.5) is 0 Å². The van der Waals surface area contributed by atoms with Crippen LogP contribution in [0.1, 0.15) is 31.2 Å². The van der Waals surface area contributed by atoms with Crippen molar-refractivity contribution < 1.29 is 9.53 Å².